The van der Waals surface area contributed by atoms with Gasteiger partial charge in [-0.1, -0.05) is 18.9 Å². The lowest BCUT2D eigenvalue weighted by atomic mass is 10.00. The van der Waals surface area contributed by atoms with E-state index in [2.05, 4.69) is 10.3 Å². The average Bonchev–Trinajstić information content (AvgIpc) is 2.86. The van der Waals surface area contributed by atoms with Crippen LogP contribution in [0.2, 0.25) is 0 Å². The Morgan fingerprint density at radius 3 is 2.88 bits per heavy atom. The molecule has 1 N–H and O–H groups in total. The summed E-state index contributed by atoms with van der Waals surface area (Å²) in [5.74, 6) is 1.37. The van der Waals surface area contributed by atoms with E-state index in [0.29, 0.717) is 11.8 Å². The van der Waals surface area contributed by atoms with E-state index in [9.17, 15) is 0 Å². The van der Waals surface area contributed by atoms with Crippen LogP contribution in [0.1, 0.15) is 31.2 Å². The molecule has 0 aromatic carbocycles. The number of methoxy groups -OCH3 is 1. The maximum atomic E-state index is 6.10. The molecule has 0 unspecified atom stereocenters. The van der Waals surface area contributed by atoms with Crippen molar-refractivity contribution in [2.75, 3.05) is 13.0 Å². The van der Waals surface area contributed by atoms with Crippen LogP contribution in [-0.2, 0) is 6.54 Å². The van der Waals surface area contributed by atoms with Crippen molar-refractivity contribution >= 4 is 11.6 Å². The third kappa shape index (κ3) is 2.90. The van der Waals surface area contributed by atoms with Crippen molar-refractivity contribution in [3.05, 3.63) is 23.9 Å². The fraction of sp³-hybridized carbons (Fsp3) is 0.615. The number of ether oxygens (including phenoxy) is 1. The van der Waals surface area contributed by atoms with Crippen LogP contribution in [0.5, 0.6) is 5.88 Å². The van der Waals surface area contributed by atoms with Crippen LogP contribution >= 0.6 is 11.6 Å². The normalized spacial score (nSPS) is 18.2. The van der Waals surface area contributed by atoms with Crippen LogP contribution < -0.4 is 10.1 Å². The summed E-state index contributed by atoms with van der Waals surface area (Å²) >= 11 is 6.10. The summed E-state index contributed by atoms with van der Waals surface area (Å²) in [6.45, 7) is 0.768. The molecule has 1 aromatic heterocycles. The zero-order valence-electron chi connectivity index (χ0n) is 10.2. The number of nitrogens with zero attached hydrogens (tertiary/aromatic N) is 1. The molecule has 0 aliphatic heterocycles. The highest BCUT2D eigenvalue weighted by atomic mass is 35.5. The van der Waals surface area contributed by atoms with Gasteiger partial charge in [0.1, 0.15) is 0 Å². The summed E-state index contributed by atoms with van der Waals surface area (Å²) in [6, 6.07) is 3.97. The van der Waals surface area contributed by atoms with Gasteiger partial charge in [0.05, 0.1) is 7.11 Å². The molecule has 3 nitrogen and oxygen atoms in total. The number of rotatable bonds is 5. The third-order valence-corrected chi connectivity index (χ3v) is 4.03. The molecule has 4 heteroatoms. The van der Waals surface area contributed by atoms with Gasteiger partial charge in [0, 0.05) is 29.7 Å². The third-order valence-electron chi connectivity index (χ3n) is 3.51. The Bertz CT molecular complexity index is 364. The molecular weight excluding hydrogens is 236 g/mol. The summed E-state index contributed by atoms with van der Waals surface area (Å²) < 4.78 is 5.24. The van der Waals surface area contributed by atoms with Crippen molar-refractivity contribution in [2.45, 2.75) is 37.8 Å². The van der Waals surface area contributed by atoms with E-state index in [1.54, 1.807) is 13.3 Å². The molecule has 0 bridgehead atoms. The van der Waals surface area contributed by atoms with Gasteiger partial charge in [0.2, 0.25) is 5.88 Å². The summed E-state index contributed by atoms with van der Waals surface area (Å²) in [5, 5.41) is 3.58. The number of alkyl halides is 1. The maximum absolute atomic E-state index is 6.10. The van der Waals surface area contributed by atoms with Gasteiger partial charge in [0.15, 0.2) is 0 Å². The quantitative estimate of drug-likeness (QED) is 0.821. The Morgan fingerprint density at radius 2 is 2.24 bits per heavy atom. The Labute approximate surface area is 108 Å². The molecular formula is C13H19ClN2O. The number of hydrogen-bond acceptors (Lipinski definition) is 3. The van der Waals surface area contributed by atoms with E-state index in [0.717, 1.165) is 12.1 Å². The zero-order chi connectivity index (χ0) is 12.1. The van der Waals surface area contributed by atoms with Gasteiger partial charge in [-0.15, -0.1) is 11.6 Å². The van der Waals surface area contributed by atoms with Crippen LogP contribution in [0.3, 0.4) is 0 Å². The van der Waals surface area contributed by atoms with E-state index in [4.69, 9.17) is 16.3 Å². The Hall–Kier alpha value is -0.800. The minimum absolute atomic E-state index is 0.114. The first-order chi connectivity index (χ1) is 8.29. The molecule has 1 aromatic rings. The van der Waals surface area contributed by atoms with Crippen molar-refractivity contribution < 1.29 is 4.74 Å². The highest BCUT2D eigenvalue weighted by Crippen LogP contribution is 2.31. The number of pyridine rings is 1. The van der Waals surface area contributed by atoms with Gasteiger partial charge in [0.25, 0.3) is 0 Å². The van der Waals surface area contributed by atoms with Gasteiger partial charge in [-0.05, 0) is 18.9 Å². The summed E-state index contributed by atoms with van der Waals surface area (Å²) in [4.78, 5) is 4.20. The van der Waals surface area contributed by atoms with E-state index in [1.165, 1.54) is 25.7 Å². The van der Waals surface area contributed by atoms with Crippen molar-refractivity contribution in [3.8, 4) is 5.88 Å². The van der Waals surface area contributed by atoms with E-state index in [-0.39, 0.29) is 5.54 Å². The van der Waals surface area contributed by atoms with Gasteiger partial charge in [-0.3, -0.25) is 0 Å². The predicted octanol–water partition coefficient (Wildman–Crippen LogP) is 2.73. The first-order valence-electron chi connectivity index (χ1n) is 6.08. The second-order valence-electron chi connectivity index (χ2n) is 4.65. The van der Waals surface area contributed by atoms with Crippen molar-refractivity contribution in [1.82, 2.24) is 10.3 Å². The van der Waals surface area contributed by atoms with Crippen molar-refractivity contribution in [1.29, 1.82) is 0 Å². The fourth-order valence-electron chi connectivity index (χ4n) is 2.43. The van der Waals surface area contributed by atoms with E-state index in [1.807, 2.05) is 12.1 Å². The van der Waals surface area contributed by atoms with Crippen LogP contribution in [0.25, 0.3) is 0 Å². The largest absolute Gasteiger partial charge is 0.481 e. The molecule has 0 radical (unpaired) electrons. The molecule has 1 fully saturated rings. The van der Waals surface area contributed by atoms with E-state index >= 15 is 0 Å². The van der Waals surface area contributed by atoms with E-state index < -0.39 is 0 Å². The smallest absolute Gasteiger partial charge is 0.217 e. The zero-order valence-corrected chi connectivity index (χ0v) is 11.0. The predicted molar refractivity (Wildman–Crippen MR) is 69.5 cm³/mol. The summed E-state index contributed by atoms with van der Waals surface area (Å²) in [5.41, 5.74) is 1.20. The first kappa shape index (κ1) is 12.7. The lowest BCUT2D eigenvalue weighted by molar-refractivity contribution is 0.354. The molecule has 0 amide bonds. The molecule has 0 saturated heterocycles. The highest BCUT2D eigenvalue weighted by molar-refractivity contribution is 6.18. The molecule has 1 heterocycles. The molecule has 2 rings (SSSR count). The van der Waals surface area contributed by atoms with Crippen molar-refractivity contribution in [3.63, 3.8) is 0 Å². The van der Waals surface area contributed by atoms with Crippen molar-refractivity contribution in [2.24, 2.45) is 0 Å². The topological polar surface area (TPSA) is 34.1 Å². The SMILES string of the molecule is COc1ncccc1CNC1(CCl)CCCC1. The van der Waals surface area contributed by atoms with Crippen LogP contribution in [0.4, 0.5) is 0 Å². The standard InChI is InChI=1S/C13H19ClN2O/c1-17-12-11(5-4-8-15-12)9-16-13(10-14)6-2-3-7-13/h4-5,8,16H,2-3,6-7,9-10H2,1H3. The van der Waals surface area contributed by atoms with Gasteiger partial charge < -0.3 is 10.1 Å². The molecule has 1 saturated carbocycles. The molecule has 0 atom stereocenters. The molecule has 0 spiro atoms. The van der Waals surface area contributed by atoms with Gasteiger partial charge in [-0.2, -0.15) is 0 Å². The second kappa shape index (κ2) is 5.69. The monoisotopic (exact) mass is 254 g/mol. The maximum Gasteiger partial charge on any atom is 0.217 e. The number of halogens is 1. The fourth-order valence-corrected chi connectivity index (χ4v) is 2.80. The Morgan fingerprint density at radius 1 is 1.47 bits per heavy atom. The average molecular weight is 255 g/mol. The molecule has 17 heavy (non-hydrogen) atoms. The van der Waals surface area contributed by atoms with Crippen LogP contribution in [0, 0.1) is 0 Å². The lowest BCUT2D eigenvalue weighted by Gasteiger charge is -2.28. The van der Waals surface area contributed by atoms with Crippen LogP contribution in [-0.4, -0.2) is 23.5 Å². The Balaban J connectivity index is 2.01. The van der Waals surface area contributed by atoms with Crippen LogP contribution in [0.15, 0.2) is 18.3 Å². The summed E-state index contributed by atoms with van der Waals surface area (Å²) in [7, 11) is 1.65. The minimum atomic E-state index is 0.114. The number of nitrogens with one attached hydrogen (secondary N) is 1. The minimum Gasteiger partial charge on any atom is -0.481 e. The molecule has 1 aliphatic rings. The number of hydrogen-bond donors (Lipinski definition) is 1. The molecule has 1 aliphatic carbocycles. The first-order valence-corrected chi connectivity index (χ1v) is 6.62. The molecule has 94 valence electrons. The lowest BCUT2D eigenvalue weighted by Crippen LogP contribution is -2.44. The van der Waals surface area contributed by atoms with Gasteiger partial charge in [-0.25, -0.2) is 4.98 Å². The number of aromatic nitrogens is 1. The Kier molecular flexibility index (Phi) is 4.24. The second-order valence-corrected chi connectivity index (χ2v) is 4.91. The summed E-state index contributed by atoms with van der Waals surface area (Å²) in [6.07, 6.45) is 6.61. The highest BCUT2D eigenvalue weighted by Gasteiger charge is 2.32. The van der Waals surface area contributed by atoms with Gasteiger partial charge >= 0.3 is 0 Å².